The largest absolute Gasteiger partial charge is 0.342 e. The fraction of sp³-hybridized carbons (Fsp3) is 0.875. The van der Waals surface area contributed by atoms with Crippen molar-refractivity contribution in [3.05, 3.63) is 0 Å². The van der Waals surface area contributed by atoms with Gasteiger partial charge < -0.3 is 10.2 Å². The molecular weight excluding hydrogens is 284 g/mol. The first-order chi connectivity index (χ1) is 10.0. The summed E-state index contributed by atoms with van der Waals surface area (Å²) >= 11 is 1.88. The number of carbonyl (C=O) groups is 2. The van der Waals surface area contributed by atoms with E-state index in [2.05, 4.69) is 18.5 Å². The smallest absolute Gasteiger partial charge is 0.246 e. The molecule has 1 rings (SSSR count). The zero-order chi connectivity index (χ0) is 15.8. The molecule has 3 unspecified atom stereocenters. The van der Waals surface area contributed by atoms with Gasteiger partial charge in [-0.1, -0.05) is 33.1 Å². The Balaban J connectivity index is 2.49. The molecule has 1 fully saturated rings. The lowest BCUT2D eigenvalue weighted by molar-refractivity contribution is -0.150. The molecule has 1 N–H and O–H groups in total. The first-order valence-electron chi connectivity index (χ1n) is 8.12. The van der Waals surface area contributed by atoms with Gasteiger partial charge in [0.15, 0.2) is 0 Å². The van der Waals surface area contributed by atoms with Gasteiger partial charge in [-0.3, -0.25) is 9.59 Å². The molecule has 0 aromatic carbocycles. The Hall–Kier alpha value is -0.710. The summed E-state index contributed by atoms with van der Waals surface area (Å²) in [6.07, 6.45) is 7.59. The van der Waals surface area contributed by atoms with Crippen molar-refractivity contribution in [3.8, 4) is 0 Å². The van der Waals surface area contributed by atoms with Crippen LogP contribution in [-0.2, 0) is 9.59 Å². The maximum absolute atomic E-state index is 12.6. The highest BCUT2D eigenvalue weighted by Gasteiger charge is 2.39. The van der Waals surface area contributed by atoms with Crippen LogP contribution in [0.2, 0.25) is 0 Å². The van der Waals surface area contributed by atoms with E-state index in [1.54, 1.807) is 4.90 Å². The van der Waals surface area contributed by atoms with Gasteiger partial charge >= 0.3 is 0 Å². The van der Waals surface area contributed by atoms with E-state index >= 15 is 0 Å². The van der Waals surface area contributed by atoms with E-state index in [1.807, 2.05) is 25.6 Å². The Morgan fingerprint density at radius 3 is 2.52 bits per heavy atom. The summed E-state index contributed by atoms with van der Waals surface area (Å²) in [5.41, 5.74) is 0. The molecule has 5 heteroatoms. The molecule has 0 radical (unpaired) electrons. The van der Waals surface area contributed by atoms with Crippen LogP contribution < -0.4 is 5.32 Å². The molecule has 1 heterocycles. The molecule has 1 saturated heterocycles. The van der Waals surface area contributed by atoms with E-state index in [1.165, 1.54) is 18.6 Å². The molecule has 2 amide bonds. The van der Waals surface area contributed by atoms with E-state index in [4.69, 9.17) is 0 Å². The number of nitrogens with zero attached hydrogens (tertiary/aromatic N) is 1. The summed E-state index contributed by atoms with van der Waals surface area (Å²) < 4.78 is 0. The molecule has 0 aromatic heterocycles. The van der Waals surface area contributed by atoms with E-state index in [9.17, 15) is 9.59 Å². The average molecular weight is 314 g/mol. The normalized spacial score (nSPS) is 24.1. The molecular formula is C16H30N2O2S. The molecule has 0 spiro atoms. The monoisotopic (exact) mass is 314 g/mol. The van der Waals surface area contributed by atoms with Gasteiger partial charge in [0.05, 0.1) is 0 Å². The zero-order valence-corrected chi connectivity index (χ0v) is 14.7. The second-order valence-electron chi connectivity index (χ2n) is 5.99. The van der Waals surface area contributed by atoms with Gasteiger partial charge in [-0.2, -0.15) is 11.8 Å². The molecule has 3 atom stereocenters. The van der Waals surface area contributed by atoms with Crippen LogP contribution in [0.25, 0.3) is 0 Å². The SMILES string of the molecule is CCC(C)C1NC(=O)C(C)N(CCCCCCSC)C1=O. The lowest BCUT2D eigenvalue weighted by Crippen LogP contribution is -2.64. The first-order valence-corrected chi connectivity index (χ1v) is 9.52. The van der Waals surface area contributed by atoms with Gasteiger partial charge in [0.1, 0.15) is 12.1 Å². The third-order valence-corrected chi connectivity index (χ3v) is 5.10. The van der Waals surface area contributed by atoms with E-state index in [0.717, 1.165) is 19.3 Å². The predicted molar refractivity (Wildman–Crippen MR) is 89.4 cm³/mol. The van der Waals surface area contributed by atoms with Crippen molar-refractivity contribution in [1.82, 2.24) is 10.2 Å². The lowest BCUT2D eigenvalue weighted by Gasteiger charge is -2.39. The molecule has 0 aromatic rings. The van der Waals surface area contributed by atoms with E-state index in [-0.39, 0.29) is 29.8 Å². The van der Waals surface area contributed by atoms with Gasteiger partial charge in [0.25, 0.3) is 0 Å². The van der Waals surface area contributed by atoms with Crippen LogP contribution in [-0.4, -0.2) is 47.4 Å². The zero-order valence-electron chi connectivity index (χ0n) is 13.9. The summed E-state index contributed by atoms with van der Waals surface area (Å²) in [5, 5.41) is 2.88. The number of piperazine rings is 1. The minimum absolute atomic E-state index is 0.0118. The van der Waals surface area contributed by atoms with Gasteiger partial charge in [0, 0.05) is 6.54 Å². The second kappa shape index (κ2) is 9.34. The van der Waals surface area contributed by atoms with Crippen molar-refractivity contribution < 1.29 is 9.59 Å². The van der Waals surface area contributed by atoms with Crippen molar-refractivity contribution in [3.63, 3.8) is 0 Å². The van der Waals surface area contributed by atoms with Crippen molar-refractivity contribution in [2.45, 2.75) is 65.0 Å². The summed E-state index contributed by atoms with van der Waals surface area (Å²) in [5.74, 6) is 1.48. The Morgan fingerprint density at radius 2 is 1.90 bits per heavy atom. The third-order valence-electron chi connectivity index (χ3n) is 4.40. The van der Waals surface area contributed by atoms with Gasteiger partial charge in [-0.25, -0.2) is 0 Å². The van der Waals surface area contributed by atoms with E-state index in [0.29, 0.717) is 6.54 Å². The Kier molecular flexibility index (Phi) is 8.15. The van der Waals surface area contributed by atoms with E-state index < -0.39 is 0 Å². The Labute approximate surface area is 133 Å². The van der Waals surface area contributed by atoms with Crippen LogP contribution in [0.1, 0.15) is 52.9 Å². The lowest BCUT2D eigenvalue weighted by atomic mass is 9.94. The van der Waals surface area contributed by atoms with Crippen LogP contribution >= 0.6 is 11.8 Å². The quantitative estimate of drug-likeness (QED) is 0.666. The summed E-state index contributed by atoms with van der Waals surface area (Å²) in [4.78, 5) is 26.4. The van der Waals surface area contributed by atoms with Crippen LogP contribution in [0.15, 0.2) is 0 Å². The second-order valence-corrected chi connectivity index (χ2v) is 6.97. The standard InChI is InChI=1S/C16H30N2O2S/c1-5-12(2)14-16(20)18(13(3)15(19)17-14)10-8-6-7-9-11-21-4/h12-14H,5-11H2,1-4H3,(H,17,19). The molecule has 0 aliphatic carbocycles. The minimum Gasteiger partial charge on any atom is -0.342 e. The number of thioether (sulfide) groups is 1. The van der Waals surface area contributed by atoms with Crippen molar-refractivity contribution >= 4 is 23.6 Å². The number of rotatable bonds is 9. The topological polar surface area (TPSA) is 49.4 Å². The van der Waals surface area contributed by atoms with Crippen LogP contribution in [0.4, 0.5) is 0 Å². The fourth-order valence-electron chi connectivity index (χ4n) is 2.65. The highest BCUT2D eigenvalue weighted by molar-refractivity contribution is 7.98. The number of hydrogen-bond acceptors (Lipinski definition) is 3. The molecule has 4 nitrogen and oxygen atoms in total. The van der Waals surface area contributed by atoms with Crippen molar-refractivity contribution in [2.75, 3.05) is 18.6 Å². The third kappa shape index (κ3) is 5.20. The minimum atomic E-state index is -0.338. The molecule has 21 heavy (non-hydrogen) atoms. The molecule has 1 aliphatic rings. The fourth-order valence-corrected chi connectivity index (χ4v) is 3.15. The number of carbonyl (C=O) groups excluding carboxylic acids is 2. The highest BCUT2D eigenvalue weighted by Crippen LogP contribution is 2.18. The average Bonchev–Trinajstić information content (AvgIpc) is 2.48. The summed E-state index contributed by atoms with van der Waals surface area (Å²) in [7, 11) is 0. The van der Waals surface area contributed by atoms with Crippen LogP contribution in [0.5, 0.6) is 0 Å². The van der Waals surface area contributed by atoms with Gasteiger partial charge in [0.2, 0.25) is 11.8 Å². The molecule has 1 aliphatic heterocycles. The molecule has 0 bridgehead atoms. The van der Waals surface area contributed by atoms with Crippen LogP contribution in [0, 0.1) is 5.92 Å². The highest BCUT2D eigenvalue weighted by atomic mass is 32.2. The number of nitrogens with one attached hydrogen (secondary N) is 1. The Bertz CT molecular complexity index is 349. The first kappa shape index (κ1) is 18.3. The predicted octanol–water partition coefficient (Wildman–Crippen LogP) is 2.67. The maximum atomic E-state index is 12.6. The summed E-state index contributed by atoms with van der Waals surface area (Å²) in [6.45, 7) is 6.62. The molecule has 122 valence electrons. The van der Waals surface area contributed by atoms with Crippen LogP contribution in [0.3, 0.4) is 0 Å². The van der Waals surface area contributed by atoms with Crippen molar-refractivity contribution in [1.29, 1.82) is 0 Å². The Morgan fingerprint density at radius 1 is 1.24 bits per heavy atom. The number of amides is 2. The molecule has 0 saturated carbocycles. The maximum Gasteiger partial charge on any atom is 0.246 e. The number of hydrogen-bond donors (Lipinski definition) is 1. The van der Waals surface area contributed by atoms with Gasteiger partial charge in [-0.15, -0.1) is 0 Å². The number of unbranched alkanes of at least 4 members (excludes halogenated alkanes) is 3. The van der Waals surface area contributed by atoms with Gasteiger partial charge in [-0.05, 0) is 37.7 Å². The van der Waals surface area contributed by atoms with Crippen molar-refractivity contribution in [2.24, 2.45) is 5.92 Å². The summed E-state index contributed by atoms with van der Waals surface area (Å²) in [6, 6.07) is -0.667.